The average Bonchev–Trinajstić information content (AvgIpc) is 2.62. The maximum Gasteiger partial charge on any atom is 0.229 e. The Balaban J connectivity index is 1.84. The van der Waals surface area contributed by atoms with Crippen LogP contribution in [0, 0.1) is 6.92 Å². The summed E-state index contributed by atoms with van der Waals surface area (Å²) in [6.45, 7) is 6.37. The number of anilines is 4. The van der Waals surface area contributed by atoms with Crippen LogP contribution in [0.2, 0.25) is 0 Å². The van der Waals surface area contributed by atoms with Crippen molar-refractivity contribution in [1.29, 1.82) is 0 Å². The summed E-state index contributed by atoms with van der Waals surface area (Å²) in [6, 6.07) is 20.6. The molecule has 0 saturated carbocycles. The summed E-state index contributed by atoms with van der Waals surface area (Å²) in [4.78, 5) is 11.2. The smallest absolute Gasteiger partial charge is 0.229 e. The Morgan fingerprint density at radius 2 is 1.60 bits per heavy atom. The number of para-hydroxylation sites is 1. The molecule has 0 saturated heterocycles. The highest BCUT2D eigenvalue weighted by molar-refractivity contribution is 5.62. The van der Waals surface area contributed by atoms with Crippen LogP contribution in [0.1, 0.15) is 31.0 Å². The molecule has 1 heterocycles. The van der Waals surface area contributed by atoms with Gasteiger partial charge in [0, 0.05) is 30.2 Å². The number of hydrogen-bond donors (Lipinski definition) is 1. The highest BCUT2D eigenvalue weighted by Crippen LogP contribution is 2.24. The molecule has 4 nitrogen and oxygen atoms in total. The van der Waals surface area contributed by atoms with E-state index in [1.54, 1.807) is 0 Å². The normalized spacial score (nSPS) is 10.8. The molecular formula is C21H24N4. The monoisotopic (exact) mass is 332 g/mol. The third-order valence-electron chi connectivity index (χ3n) is 4.16. The second kappa shape index (κ2) is 7.34. The first-order chi connectivity index (χ1) is 12.0. The van der Waals surface area contributed by atoms with Crippen LogP contribution in [-0.4, -0.2) is 17.0 Å². The van der Waals surface area contributed by atoms with Crippen LogP contribution in [0.25, 0.3) is 0 Å². The van der Waals surface area contributed by atoms with E-state index >= 15 is 0 Å². The van der Waals surface area contributed by atoms with Gasteiger partial charge in [-0.25, -0.2) is 4.98 Å². The first kappa shape index (κ1) is 17.0. The van der Waals surface area contributed by atoms with Gasteiger partial charge in [0.15, 0.2) is 0 Å². The van der Waals surface area contributed by atoms with Gasteiger partial charge in [0.2, 0.25) is 5.95 Å². The fraction of sp³-hybridized carbons (Fsp3) is 0.238. The van der Waals surface area contributed by atoms with Gasteiger partial charge >= 0.3 is 0 Å². The molecule has 0 fully saturated rings. The lowest BCUT2D eigenvalue weighted by molar-refractivity contribution is 0.867. The van der Waals surface area contributed by atoms with Crippen molar-refractivity contribution < 1.29 is 0 Å². The molecule has 0 aliphatic carbocycles. The Kier molecular flexibility index (Phi) is 4.98. The lowest BCUT2D eigenvalue weighted by Gasteiger charge is -2.19. The molecule has 0 amide bonds. The zero-order valence-corrected chi connectivity index (χ0v) is 15.2. The number of aromatic nitrogens is 2. The van der Waals surface area contributed by atoms with Gasteiger partial charge in [0.1, 0.15) is 5.82 Å². The molecule has 128 valence electrons. The maximum atomic E-state index is 4.67. The minimum absolute atomic E-state index is 0.524. The van der Waals surface area contributed by atoms with Gasteiger partial charge in [-0.2, -0.15) is 4.98 Å². The van der Waals surface area contributed by atoms with E-state index in [0.29, 0.717) is 11.9 Å². The van der Waals surface area contributed by atoms with Gasteiger partial charge in [-0.15, -0.1) is 0 Å². The Labute approximate surface area is 149 Å². The molecule has 0 aliphatic heterocycles. The molecule has 4 heteroatoms. The summed E-state index contributed by atoms with van der Waals surface area (Å²) < 4.78 is 0. The minimum Gasteiger partial charge on any atom is -0.329 e. The first-order valence-electron chi connectivity index (χ1n) is 8.54. The minimum atomic E-state index is 0.524. The number of rotatable bonds is 5. The third-order valence-corrected chi connectivity index (χ3v) is 4.16. The lowest BCUT2D eigenvalue weighted by Crippen LogP contribution is -2.13. The fourth-order valence-corrected chi connectivity index (χ4v) is 2.64. The summed E-state index contributed by atoms with van der Waals surface area (Å²) in [7, 11) is 2.01. The van der Waals surface area contributed by atoms with Crippen LogP contribution in [0.15, 0.2) is 60.7 Å². The Morgan fingerprint density at radius 3 is 2.24 bits per heavy atom. The second-order valence-electron chi connectivity index (χ2n) is 6.49. The highest BCUT2D eigenvalue weighted by Gasteiger charge is 2.09. The van der Waals surface area contributed by atoms with Gasteiger partial charge < -0.3 is 10.2 Å². The van der Waals surface area contributed by atoms with Crippen molar-refractivity contribution >= 4 is 23.1 Å². The second-order valence-corrected chi connectivity index (χ2v) is 6.49. The van der Waals surface area contributed by atoms with Crippen LogP contribution < -0.4 is 10.2 Å². The van der Waals surface area contributed by atoms with Crippen molar-refractivity contribution in [2.24, 2.45) is 0 Å². The van der Waals surface area contributed by atoms with Gasteiger partial charge in [-0.1, -0.05) is 44.2 Å². The number of aryl methyl sites for hydroxylation is 1. The zero-order chi connectivity index (χ0) is 17.8. The van der Waals surface area contributed by atoms with Crippen LogP contribution in [-0.2, 0) is 0 Å². The van der Waals surface area contributed by atoms with Gasteiger partial charge in [-0.3, -0.25) is 0 Å². The Bertz CT molecular complexity index is 826. The number of hydrogen-bond acceptors (Lipinski definition) is 4. The molecule has 2 aromatic carbocycles. The molecule has 25 heavy (non-hydrogen) atoms. The number of nitrogens with zero attached hydrogens (tertiary/aromatic N) is 3. The van der Waals surface area contributed by atoms with Crippen molar-refractivity contribution in [3.8, 4) is 0 Å². The fourth-order valence-electron chi connectivity index (χ4n) is 2.64. The van der Waals surface area contributed by atoms with Gasteiger partial charge in [0.25, 0.3) is 0 Å². The number of benzene rings is 2. The quantitative estimate of drug-likeness (QED) is 0.677. The number of nitrogens with one attached hydrogen (secondary N) is 1. The molecule has 3 aromatic rings. The predicted molar refractivity (Wildman–Crippen MR) is 105 cm³/mol. The zero-order valence-electron chi connectivity index (χ0n) is 15.2. The largest absolute Gasteiger partial charge is 0.329 e. The van der Waals surface area contributed by atoms with E-state index in [0.717, 1.165) is 22.9 Å². The third kappa shape index (κ3) is 4.15. The van der Waals surface area contributed by atoms with Crippen LogP contribution in [0.3, 0.4) is 0 Å². The Hall–Kier alpha value is -2.88. The molecule has 3 rings (SSSR count). The van der Waals surface area contributed by atoms with E-state index in [1.807, 2.05) is 38.2 Å². The van der Waals surface area contributed by atoms with Crippen LogP contribution in [0.4, 0.5) is 23.1 Å². The van der Waals surface area contributed by atoms with Crippen molar-refractivity contribution in [2.75, 3.05) is 17.3 Å². The summed E-state index contributed by atoms with van der Waals surface area (Å²) in [5, 5.41) is 3.31. The maximum absolute atomic E-state index is 4.67. The summed E-state index contributed by atoms with van der Waals surface area (Å²) in [5.41, 5.74) is 4.32. The van der Waals surface area contributed by atoms with Crippen LogP contribution in [0.5, 0.6) is 0 Å². The Morgan fingerprint density at radius 1 is 0.920 bits per heavy atom. The first-order valence-corrected chi connectivity index (χ1v) is 8.54. The van der Waals surface area contributed by atoms with Crippen molar-refractivity contribution in [2.45, 2.75) is 26.7 Å². The van der Waals surface area contributed by atoms with E-state index in [-0.39, 0.29) is 0 Å². The molecule has 1 aromatic heterocycles. The van der Waals surface area contributed by atoms with E-state index in [1.165, 1.54) is 5.56 Å². The van der Waals surface area contributed by atoms with E-state index in [9.17, 15) is 0 Å². The van der Waals surface area contributed by atoms with Crippen LogP contribution >= 0.6 is 0 Å². The van der Waals surface area contributed by atoms with E-state index in [4.69, 9.17) is 0 Å². The summed E-state index contributed by atoms with van der Waals surface area (Å²) >= 11 is 0. The lowest BCUT2D eigenvalue weighted by atomic mass is 10.0. The van der Waals surface area contributed by atoms with E-state index in [2.05, 4.69) is 70.4 Å². The SMILES string of the molecule is Cc1cc(N(C)c2ccccc2)nc(Nc2ccc(C(C)C)cc2)n1. The van der Waals surface area contributed by atoms with E-state index < -0.39 is 0 Å². The van der Waals surface area contributed by atoms with Crippen molar-refractivity contribution in [3.63, 3.8) is 0 Å². The molecule has 0 bridgehead atoms. The topological polar surface area (TPSA) is 41.1 Å². The highest BCUT2D eigenvalue weighted by atomic mass is 15.2. The average molecular weight is 332 g/mol. The molecule has 0 aliphatic rings. The molecule has 0 atom stereocenters. The van der Waals surface area contributed by atoms with Crippen molar-refractivity contribution in [3.05, 3.63) is 71.9 Å². The molecule has 0 unspecified atom stereocenters. The summed E-state index contributed by atoms with van der Waals surface area (Å²) in [6.07, 6.45) is 0. The predicted octanol–water partition coefficient (Wildman–Crippen LogP) is 5.42. The molecule has 0 radical (unpaired) electrons. The standard InChI is InChI=1S/C21H24N4/c1-15(2)17-10-12-18(13-11-17)23-21-22-16(3)14-20(24-21)25(4)19-8-6-5-7-9-19/h5-15H,1-4H3,(H,22,23,24). The van der Waals surface area contributed by atoms with Crippen molar-refractivity contribution in [1.82, 2.24) is 9.97 Å². The van der Waals surface area contributed by atoms with Gasteiger partial charge in [-0.05, 0) is 42.7 Å². The molecule has 1 N–H and O–H groups in total. The van der Waals surface area contributed by atoms with Gasteiger partial charge in [0.05, 0.1) is 0 Å². The summed E-state index contributed by atoms with van der Waals surface area (Å²) in [5.74, 6) is 1.99. The molecular weight excluding hydrogens is 308 g/mol. The molecule has 0 spiro atoms.